The molecule has 3 atom stereocenters. The van der Waals surface area contributed by atoms with Crippen molar-refractivity contribution in [1.29, 1.82) is 0 Å². The van der Waals surface area contributed by atoms with E-state index in [1.807, 2.05) is 0 Å². The van der Waals surface area contributed by atoms with Gasteiger partial charge in [-0.3, -0.25) is 18.6 Å². The minimum Gasteiger partial charge on any atom is -0.480 e. The number of phosphoric ester groups is 1. The lowest BCUT2D eigenvalue weighted by Crippen LogP contribution is -2.34. The van der Waals surface area contributed by atoms with E-state index in [9.17, 15) is 19.0 Å². The van der Waals surface area contributed by atoms with Crippen LogP contribution in [0.15, 0.2) is 48.6 Å². The molecule has 0 radical (unpaired) electrons. The van der Waals surface area contributed by atoms with Crippen molar-refractivity contribution in [3.8, 4) is 0 Å². The van der Waals surface area contributed by atoms with Crippen molar-refractivity contribution in [2.45, 2.75) is 180 Å². The van der Waals surface area contributed by atoms with Crippen molar-refractivity contribution in [3.63, 3.8) is 0 Å². The first-order valence-corrected chi connectivity index (χ1v) is 22.2. The molecule has 0 aliphatic carbocycles. The topological polar surface area (TPSA) is 155 Å². The van der Waals surface area contributed by atoms with Gasteiger partial charge in [0.15, 0.2) is 0 Å². The molecule has 0 spiro atoms. The molecule has 0 aliphatic rings. The Morgan fingerprint density at radius 3 is 1.66 bits per heavy atom. The molecule has 0 aliphatic heterocycles. The van der Waals surface area contributed by atoms with Gasteiger partial charge in [0.2, 0.25) is 0 Å². The summed E-state index contributed by atoms with van der Waals surface area (Å²) in [6, 6.07) is -1.48. The lowest BCUT2D eigenvalue weighted by Gasteiger charge is -2.20. The van der Waals surface area contributed by atoms with Gasteiger partial charge < -0.3 is 25.2 Å². The van der Waals surface area contributed by atoms with Gasteiger partial charge in [0.05, 0.1) is 19.8 Å². The first-order valence-electron chi connectivity index (χ1n) is 20.7. The molecule has 0 heterocycles. The number of carbonyl (C=O) groups excluding carboxylic acids is 1. The molecule has 0 saturated heterocycles. The number of hydrogen-bond donors (Lipinski definition) is 3. The van der Waals surface area contributed by atoms with Crippen molar-refractivity contribution >= 4 is 19.8 Å². The van der Waals surface area contributed by atoms with Crippen molar-refractivity contribution in [1.82, 2.24) is 0 Å². The molecule has 4 N–H and O–H groups in total. The SMILES string of the molecule is CC/C=C\C/C=C\C/C=C\CCCCCCCCCCOCC(COP(=O)(O)OCC(N)C(=O)O)OC(=O)CCCCCCC/C=C\CCCCCC. The number of rotatable bonds is 39. The maximum atomic E-state index is 12.6. The third kappa shape index (κ3) is 38.0. The van der Waals surface area contributed by atoms with E-state index in [-0.39, 0.29) is 13.0 Å². The second kappa shape index (κ2) is 38.2. The predicted molar refractivity (Wildman–Crippen MR) is 217 cm³/mol. The van der Waals surface area contributed by atoms with Gasteiger partial charge in [0, 0.05) is 13.0 Å². The largest absolute Gasteiger partial charge is 0.480 e. The Hall–Kier alpha value is -2.07. The molecular weight excluding hydrogens is 693 g/mol. The number of aliphatic carboxylic acids is 1. The van der Waals surface area contributed by atoms with Crippen LogP contribution in [-0.2, 0) is 32.7 Å². The van der Waals surface area contributed by atoms with Crippen LogP contribution in [-0.4, -0.2) is 60.5 Å². The minimum atomic E-state index is -4.62. The zero-order valence-corrected chi connectivity index (χ0v) is 34.2. The molecule has 0 fully saturated rings. The van der Waals surface area contributed by atoms with Crippen LogP contribution in [0, 0.1) is 0 Å². The Kier molecular flexibility index (Phi) is 36.7. The molecule has 3 unspecified atom stereocenters. The number of hydrogen-bond acceptors (Lipinski definition) is 8. The zero-order valence-electron chi connectivity index (χ0n) is 33.3. The summed E-state index contributed by atoms with van der Waals surface area (Å²) in [5, 5.41) is 8.88. The van der Waals surface area contributed by atoms with Crippen molar-refractivity contribution in [3.05, 3.63) is 48.6 Å². The highest BCUT2D eigenvalue weighted by molar-refractivity contribution is 7.47. The number of carboxylic acids is 1. The highest BCUT2D eigenvalue weighted by Gasteiger charge is 2.27. The Labute approximate surface area is 322 Å². The van der Waals surface area contributed by atoms with Gasteiger partial charge in [-0.05, 0) is 70.6 Å². The van der Waals surface area contributed by atoms with E-state index in [1.165, 1.54) is 57.8 Å². The number of carbonyl (C=O) groups is 2. The van der Waals surface area contributed by atoms with E-state index in [2.05, 4.69) is 62.5 Å². The second-order valence-electron chi connectivity index (χ2n) is 13.7. The summed E-state index contributed by atoms with van der Waals surface area (Å²) in [6.07, 6.45) is 43.0. The highest BCUT2D eigenvalue weighted by Crippen LogP contribution is 2.43. The van der Waals surface area contributed by atoms with Gasteiger partial charge in [-0.1, -0.05) is 140 Å². The van der Waals surface area contributed by atoms with Crippen LogP contribution in [0.4, 0.5) is 0 Å². The molecule has 11 heteroatoms. The molecule has 0 aromatic heterocycles. The van der Waals surface area contributed by atoms with Crippen LogP contribution in [0.25, 0.3) is 0 Å². The van der Waals surface area contributed by atoms with E-state index >= 15 is 0 Å². The van der Waals surface area contributed by atoms with E-state index in [1.54, 1.807) is 0 Å². The molecule has 0 saturated carbocycles. The number of nitrogens with two attached hydrogens (primary N) is 1. The second-order valence-corrected chi connectivity index (χ2v) is 15.2. The van der Waals surface area contributed by atoms with Crippen molar-refractivity contribution < 1.29 is 42.7 Å². The molecule has 308 valence electrons. The summed E-state index contributed by atoms with van der Waals surface area (Å²) < 4.78 is 33.3. The number of phosphoric acid groups is 1. The molecule has 0 amide bonds. The van der Waals surface area contributed by atoms with Crippen LogP contribution >= 0.6 is 7.82 Å². The number of ether oxygens (including phenoxy) is 2. The number of allylic oxidation sites excluding steroid dienone is 8. The van der Waals surface area contributed by atoms with Crippen LogP contribution < -0.4 is 5.73 Å². The van der Waals surface area contributed by atoms with Gasteiger partial charge in [0.25, 0.3) is 0 Å². The van der Waals surface area contributed by atoms with Crippen molar-refractivity contribution in [2.24, 2.45) is 5.73 Å². The summed E-state index contributed by atoms with van der Waals surface area (Å²) in [7, 11) is -4.62. The van der Waals surface area contributed by atoms with E-state index in [4.69, 9.17) is 29.4 Å². The van der Waals surface area contributed by atoms with Gasteiger partial charge in [-0.15, -0.1) is 0 Å². The lowest BCUT2D eigenvalue weighted by atomic mass is 10.1. The Balaban J connectivity index is 4.27. The number of esters is 1. The Morgan fingerprint density at radius 2 is 1.09 bits per heavy atom. The van der Waals surface area contributed by atoms with Crippen LogP contribution in [0.2, 0.25) is 0 Å². The third-order valence-electron chi connectivity index (χ3n) is 8.59. The van der Waals surface area contributed by atoms with Gasteiger partial charge >= 0.3 is 19.8 Å². The van der Waals surface area contributed by atoms with Gasteiger partial charge in [-0.25, -0.2) is 4.57 Å². The molecule has 0 bridgehead atoms. The van der Waals surface area contributed by atoms with Crippen LogP contribution in [0.3, 0.4) is 0 Å². The summed E-state index contributed by atoms with van der Waals surface area (Å²) in [6.45, 7) is 3.72. The molecule has 53 heavy (non-hydrogen) atoms. The summed E-state index contributed by atoms with van der Waals surface area (Å²) in [5.41, 5.74) is 5.34. The number of unbranched alkanes of at least 4 members (excludes halogenated alkanes) is 17. The van der Waals surface area contributed by atoms with Crippen LogP contribution in [0.5, 0.6) is 0 Å². The Bertz CT molecular complexity index is 1030. The average molecular weight is 770 g/mol. The fourth-order valence-electron chi connectivity index (χ4n) is 5.38. The quantitative estimate of drug-likeness (QED) is 0.0238. The highest BCUT2D eigenvalue weighted by atomic mass is 31.2. The third-order valence-corrected chi connectivity index (χ3v) is 9.54. The first kappa shape index (κ1) is 50.9. The molecule has 10 nitrogen and oxygen atoms in total. The summed E-state index contributed by atoms with van der Waals surface area (Å²) in [4.78, 5) is 33.5. The standard InChI is InChI=1S/C42H76NO9P/c1-3-5-7-9-11-13-15-17-18-19-20-21-23-25-27-29-31-33-35-49-36-39(37-50-53(47,48)51-38-40(43)42(45)46)52-41(44)34-32-30-28-26-24-22-16-14-12-10-8-6-4-2/h5,7,11,13-14,16-18,39-40H,3-4,6,8-10,12,15,19-38,43H2,1-2H3,(H,45,46)(H,47,48)/b7-5-,13-11-,16-14-,18-17-. The van der Waals surface area contributed by atoms with E-state index < -0.39 is 45.1 Å². The molecular formula is C42H76NO9P. The predicted octanol–water partition coefficient (Wildman–Crippen LogP) is 11.1. The van der Waals surface area contributed by atoms with E-state index in [0.717, 1.165) is 83.5 Å². The summed E-state index contributed by atoms with van der Waals surface area (Å²) >= 11 is 0. The van der Waals surface area contributed by atoms with E-state index in [0.29, 0.717) is 13.0 Å². The van der Waals surface area contributed by atoms with Crippen LogP contribution in [0.1, 0.15) is 168 Å². The maximum Gasteiger partial charge on any atom is 0.472 e. The fourth-order valence-corrected chi connectivity index (χ4v) is 6.15. The molecule has 0 aromatic carbocycles. The lowest BCUT2D eigenvalue weighted by molar-refractivity contribution is -0.154. The van der Waals surface area contributed by atoms with Crippen molar-refractivity contribution in [2.75, 3.05) is 26.4 Å². The summed E-state index contributed by atoms with van der Waals surface area (Å²) in [5.74, 6) is -1.79. The number of carboxylic acid groups (broad SMARTS) is 1. The smallest absolute Gasteiger partial charge is 0.472 e. The maximum absolute atomic E-state index is 12.6. The zero-order chi connectivity index (χ0) is 39.1. The molecule has 0 rings (SSSR count). The Morgan fingerprint density at radius 1 is 0.623 bits per heavy atom. The monoisotopic (exact) mass is 770 g/mol. The average Bonchev–Trinajstić information content (AvgIpc) is 3.13. The van der Waals surface area contributed by atoms with Gasteiger partial charge in [-0.2, -0.15) is 0 Å². The fraction of sp³-hybridized carbons (Fsp3) is 0.762. The first-order chi connectivity index (χ1) is 25.7. The normalized spacial score (nSPS) is 14.5. The minimum absolute atomic E-state index is 0.00748. The molecule has 0 aromatic rings. The van der Waals surface area contributed by atoms with Gasteiger partial charge in [0.1, 0.15) is 12.1 Å².